The van der Waals surface area contributed by atoms with Crippen molar-refractivity contribution < 1.29 is 0 Å². The first kappa shape index (κ1) is 9.34. The average Bonchev–Trinajstić information content (AvgIpc) is 2.71. The van der Waals surface area contributed by atoms with Crippen LogP contribution in [0.15, 0.2) is 0 Å². The van der Waals surface area contributed by atoms with E-state index in [-0.39, 0.29) is 0 Å². The zero-order valence-electron chi connectivity index (χ0n) is 7.52. The lowest BCUT2D eigenvalue weighted by atomic mass is 10.2. The minimum absolute atomic E-state index is 0.639. The van der Waals surface area contributed by atoms with Gasteiger partial charge in [-0.25, -0.2) is 0 Å². The molecule has 66 valence electrons. The molecule has 0 aromatic rings. The summed E-state index contributed by atoms with van der Waals surface area (Å²) >= 11 is 5.72. The molecule has 1 fully saturated rings. The maximum absolute atomic E-state index is 5.72. The smallest absolute Gasteiger partial charge is 0.0261 e. The maximum atomic E-state index is 5.72. The maximum Gasteiger partial charge on any atom is 0.0261 e. The van der Waals surface area contributed by atoms with Crippen LogP contribution in [-0.2, 0) is 0 Å². The second kappa shape index (κ2) is 4.32. The molecule has 2 heteroatoms. The first-order chi connectivity index (χ1) is 5.22. The van der Waals surface area contributed by atoms with Gasteiger partial charge in [-0.15, -0.1) is 11.6 Å². The Morgan fingerprint density at radius 1 is 1.55 bits per heavy atom. The topological polar surface area (TPSA) is 3.24 Å². The first-order valence-corrected chi connectivity index (χ1v) is 5.00. The normalized spacial score (nSPS) is 20.7. The van der Waals surface area contributed by atoms with E-state index in [0.717, 1.165) is 18.3 Å². The molecule has 0 N–H and O–H groups in total. The lowest BCUT2D eigenvalue weighted by molar-refractivity contribution is 0.286. The van der Waals surface area contributed by atoms with Crippen LogP contribution in [0.1, 0.15) is 19.8 Å². The predicted molar refractivity (Wildman–Crippen MR) is 50.1 cm³/mol. The summed E-state index contributed by atoms with van der Waals surface area (Å²) < 4.78 is 0. The second-order valence-corrected chi connectivity index (χ2v) is 4.23. The van der Waals surface area contributed by atoms with Crippen molar-refractivity contribution in [3.63, 3.8) is 0 Å². The Kier molecular flexibility index (Phi) is 3.67. The zero-order valence-corrected chi connectivity index (χ0v) is 8.27. The largest absolute Gasteiger partial charge is 0.306 e. The average molecular weight is 176 g/mol. The van der Waals surface area contributed by atoms with E-state index >= 15 is 0 Å². The number of alkyl halides is 1. The van der Waals surface area contributed by atoms with Crippen molar-refractivity contribution in [1.29, 1.82) is 0 Å². The molecule has 0 aliphatic heterocycles. The van der Waals surface area contributed by atoms with Crippen LogP contribution in [0.3, 0.4) is 0 Å². The molecule has 1 saturated carbocycles. The molecule has 1 nitrogen and oxygen atoms in total. The molecule has 0 heterocycles. The fourth-order valence-electron chi connectivity index (χ4n) is 1.40. The van der Waals surface area contributed by atoms with Gasteiger partial charge in [0.1, 0.15) is 0 Å². The van der Waals surface area contributed by atoms with E-state index < -0.39 is 0 Å². The van der Waals surface area contributed by atoms with Crippen LogP contribution in [-0.4, -0.2) is 30.9 Å². The number of hydrogen-bond acceptors (Lipinski definition) is 1. The van der Waals surface area contributed by atoms with Gasteiger partial charge < -0.3 is 4.90 Å². The van der Waals surface area contributed by atoms with Gasteiger partial charge in [0.2, 0.25) is 0 Å². The number of hydrogen-bond donors (Lipinski definition) is 0. The fraction of sp³-hybridized carbons (Fsp3) is 1.00. The van der Waals surface area contributed by atoms with E-state index in [1.54, 1.807) is 0 Å². The predicted octanol–water partition coefficient (Wildman–Crippen LogP) is 2.20. The molecule has 11 heavy (non-hydrogen) atoms. The van der Waals surface area contributed by atoms with Crippen LogP contribution < -0.4 is 0 Å². The van der Waals surface area contributed by atoms with E-state index in [1.807, 2.05) is 0 Å². The van der Waals surface area contributed by atoms with Crippen molar-refractivity contribution in [2.45, 2.75) is 19.8 Å². The molecule has 0 saturated heterocycles. The van der Waals surface area contributed by atoms with E-state index in [1.165, 1.54) is 19.4 Å². The Morgan fingerprint density at radius 2 is 2.18 bits per heavy atom. The number of halogens is 1. The van der Waals surface area contributed by atoms with Gasteiger partial charge in [-0.2, -0.15) is 0 Å². The third-order valence-electron chi connectivity index (χ3n) is 2.15. The van der Waals surface area contributed by atoms with Crippen molar-refractivity contribution in [2.75, 3.05) is 26.0 Å². The molecule has 1 aliphatic carbocycles. The summed E-state index contributed by atoms with van der Waals surface area (Å²) in [4.78, 5) is 2.41. The van der Waals surface area contributed by atoms with Crippen LogP contribution >= 0.6 is 11.6 Å². The molecule has 0 spiro atoms. The Bertz CT molecular complexity index is 112. The van der Waals surface area contributed by atoms with Crippen LogP contribution in [0.4, 0.5) is 0 Å². The Hall–Kier alpha value is 0.250. The van der Waals surface area contributed by atoms with Crippen LogP contribution in [0.2, 0.25) is 0 Å². The fourth-order valence-corrected chi connectivity index (χ4v) is 1.49. The quantitative estimate of drug-likeness (QED) is 0.580. The van der Waals surface area contributed by atoms with E-state index in [0.29, 0.717) is 5.92 Å². The van der Waals surface area contributed by atoms with Gasteiger partial charge in [0, 0.05) is 19.0 Å². The van der Waals surface area contributed by atoms with Crippen molar-refractivity contribution in [3.8, 4) is 0 Å². The molecule has 0 bridgehead atoms. The zero-order chi connectivity index (χ0) is 8.27. The summed E-state index contributed by atoms with van der Waals surface area (Å²) in [7, 11) is 2.20. The number of nitrogens with zero attached hydrogens (tertiary/aromatic N) is 1. The van der Waals surface area contributed by atoms with Gasteiger partial charge >= 0.3 is 0 Å². The third-order valence-corrected chi connectivity index (χ3v) is 2.68. The minimum atomic E-state index is 0.639. The van der Waals surface area contributed by atoms with E-state index in [2.05, 4.69) is 18.9 Å². The molecule has 1 atom stereocenters. The SMILES string of the molecule is CC(CCl)CN(C)CC1CC1. The summed E-state index contributed by atoms with van der Waals surface area (Å²) in [5.74, 6) is 2.43. The summed E-state index contributed by atoms with van der Waals surface area (Å²) in [6.45, 7) is 4.64. The van der Waals surface area contributed by atoms with Crippen molar-refractivity contribution in [1.82, 2.24) is 4.90 Å². The lowest BCUT2D eigenvalue weighted by Crippen LogP contribution is -2.27. The molecule has 0 aromatic heterocycles. The van der Waals surface area contributed by atoms with E-state index in [9.17, 15) is 0 Å². The highest BCUT2D eigenvalue weighted by Gasteiger charge is 2.22. The first-order valence-electron chi connectivity index (χ1n) is 4.47. The second-order valence-electron chi connectivity index (χ2n) is 3.92. The van der Waals surface area contributed by atoms with Gasteiger partial charge in [0.15, 0.2) is 0 Å². The monoisotopic (exact) mass is 175 g/mol. The molecule has 1 rings (SSSR count). The van der Waals surface area contributed by atoms with Crippen LogP contribution in [0.5, 0.6) is 0 Å². The highest BCUT2D eigenvalue weighted by molar-refractivity contribution is 6.18. The highest BCUT2D eigenvalue weighted by Crippen LogP contribution is 2.29. The lowest BCUT2D eigenvalue weighted by Gasteiger charge is -2.19. The van der Waals surface area contributed by atoms with Crippen molar-refractivity contribution in [2.24, 2.45) is 11.8 Å². The Labute approximate surface area is 74.7 Å². The Morgan fingerprint density at radius 3 is 2.64 bits per heavy atom. The van der Waals surface area contributed by atoms with Gasteiger partial charge in [0.05, 0.1) is 0 Å². The third kappa shape index (κ3) is 3.97. The molecule has 1 aliphatic rings. The molecule has 0 aromatic carbocycles. The summed E-state index contributed by atoms with van der Waals surface area (Å²) in [5.41, 5.74) is 0. The summed E-state index contributed by atoms with van der Waals surface area (Å²) in [5, 5.41) is 0. The van der Waals surface area contributed by atoms with Gasteiger partial charge in [-0.1, -0.05) is 6.92 Å². The molecule has 1 unspecified atom stereocenters. The van der Waals surface area contributed by atoms with Crippen LogP contribution in [0, 0.1) is 11.8 Å². The molecular weight excluding hydrogens is 158 g/mol. The van der Waals surface area contributed by atoms with Gasteiger partial charge in [0.25, 0.3) is 0 Å². The summed E-state index contributed by atoms with van der Waals surface area (Å²) in [6, 6.07) is 0. The minimum Gasteiger partial charge on any atom is -0.306 e. The summed E-state index contributed by atoms with van der Waals surface area (Å²) in [6.07, 6.45) is 2.89. The van der Waals surface area contributed by atoms with Crippen molar-refractivity contribution >= 4 is 11.6 Å². The molecule has 0 radical (unpaired) electrons. The molecule has 0 amide bonds. The van der Waals surface area contributed by atoms with Crippen LogP contribution in [0.25, 0.3) is 0 Å². The van der Waals surface area contributed by atoms with E-state index in [4.69, 9.17) is 11.6 Å². The van der Waals surface area contributed by atoms with Gasteiger partial charge in [-0.3, -0.25) is 0 Å². The number of rotatable bonds is 5. The van der Waals surface area contributed by atoms with Crippen molar-refractivity contribution in [3.05, 3.63) is 0 Å². The van der Waals surface area contributed by atoms with Gasteiger partial charge in [-0.05, 0) is 31.7 Å². The molecular formula is C9H18ClN. The standard InChI is InChI=1S/C9H18ClN/c1-8(5-10)6-11(2)7-9-3-4-9/h8-9H,3-7H2,1-2H3. The highest BCUT2D eigenvalue weighted by atomic mass is 35.5. The Balaban J connectivity index is 2.03.